The van der Waals surface area contributed by atoms with Crippen molar-refractivity contribution in [2.24, 2.45) is 0 Å². The van der Waals surface area contributed by atoms with E-state index in [1.165, 1.54) is 18.3 Å². The summed E-state index contributed by atoms with van der Waals surface area (Å²) in [5.41, 5.74) is 1.48. The number of rotatable bonds is 11. The molecule has 3 N–H and O–H groups in total. The third-order valence-corrected chi connectivity index (χ3v) is 6.27. The van der Waals surface area contributed by atoms with E-state index < -0.39 is 23.9 Å². The molecule has 10 heteroatoms. The quantitative estimate of drug-likeness (QED) is 0.246. The van der Waals surface area contributed by atoms with Gasteiger partial charge in [0.2, 0.25) is 11.8 Å². The number of ether oxygens (including phenoxy) is 1. The zero-order valence-electron chi connectivity index (χ0n) is 23.8. The van der Waals surface area contributed by atoms with E-state index in [-0.39, 0.29) is 23.7 Å². The Balaban J connectivity index is 0.00000287. The van der Waals surface area contributed by atoms with Crippen LogP contribution in [-0.2, 0) is 20.8 Å². The Morgan fingerprint density at radius 1 is 1.10 bits per heavy atom. The van der Waals surface area contributed by atoms with Gasteiger partial charge >= 0.3 is 5.97 Å². The summed E-state index contributed by atoms with van der Waals surface area (Å²) in [4.78, 5) is 39.7. The summed E-state index contributed by atoms with van der Waals surface area (Å²) in [6.07, 6.45) is 1.25. The second kappa shape index (κ2) is 15.4. The number of nitriles is 1. The summed E-state index contributed by atoms with van der Waals surface area (Å²) in [6.45, 7) is 9.13. The summed E-state index contributed by atoms with van der Waals surface area (Å²) in [7, 11) is 0. The number of amides is 2. The second-order valence-electron chi connectivity index (χ2n) is 9.55. The molecule has 1 aromatic heterocycles. The molecular weight excluding hydrogens is 544 g/mol. The van der Waals surface area contributed by atoms with Gasteiger partial charge in [0.25, 0.3) is 5.91 Å². The standard InChI is InChI=1S/C29H29ClN4O5.C2H6/c1-18(24(14-19-7-9-22(30)10-8-19)21-6-4-5-20(13-21)16-31)33-28(38)29(2,3)39-26-12-11-23(17-32-26)34-25(35)15-27(36)37;1-2/h4-13,17-18,24H,14-15H2,1-3H3,(H,33,38)(H,34,35)(H,36,37);1-2H3. The highest BCUT2D eigenvalue weighted by atomic mass is 35.5. The Morgan fingerprint density at radius 3 is 2.37 bits per heavy atom. The van der Waals surface area contributed by atoms with Gasteiger partial charge in [-0.1, -0.05) is 49.7 Å². The number of anilines is 1. The largest absolute Gasteiger partial charge is 0.481 e. The number of benzene rings is 2. The molecule has 2 amide bonds. The number of carboxylic acid groups (broad SMARTS) is 1. The maximum absolute atomic E-state index is 13.3. The van der Waals surface area contributed by atoms with Gasteiger partial charge in [-0.3, -0.25) is 14.4 Å². The number of nitrogens with one attached hydrogen (secondary N) is 2. The van der Waals surface area contributed by atoms with E-state index in [2.05, 4.69) is 21.7 Å². The van der Waals surface area contributed by atoms with Crippen LogP contribution in [0.25, 0.3) is 0 Å². The van der Waals surface area contributed by atoms with E-state index in [0.29, 0.717) is 22.7 Å². The molecule has 0 aliphatic rings. The molecule has 0 saturated heterocycles. The van der Waals surface area contributed by atoms with E-state index in [1.54, 1.807) is 19.9 Å². The summed E-state index contributed by atoms with van der Waals surface area (Å²) in [6, 6.07) is 19.6. The fourth-order valence-electron chi connectivity index (χ4n) is 3.94. The van der Waals surface area contributed by atoms with E-state index in [9.17, 15) is 19.6 Å². The molecule has 9 nitrogen and oxygen atoms in total. The molecule has 216 valence electrons. The van der Waals surface area contributed by atoms with Gasteiger partial charge in [0.15, 0.2) is 5.60 Å². The predicted molar refractivity (Wildman–Crippen MR) is 158 cm³/mol. The minimum Gasteiger partial charge on any atom is -0.481 e. The molecule has 3 rings (SSSR count). The average Bonchev–Trinajstić information content (AvgIpc) is 2.94. The first-order chi connectivity index (χ1) is 19.5. The summed E-state index contributed by atoms with van der Waals surface area (Å²) in [5, 5.41) is 24.2. The van der Waals surface area contributed by atoms with Crippen LogP contribution >= 0.6 is 11.6 Å². The number of hydrogen-bond donors (Lipinski definition) is 3. The van der Waals surface area contributed by atoms with Crippen LogP contribution in [0.2, 0.25) is 5.02 Å². The molecule has 0 saturated carbocycles. The van der Waals surface area contributed by atoms with Gasteiger partial charge in [-0.2, -0.15) is 5.26 Å². The van der Waals surface area contributed by atoms with Crippen LogP contribution < -0.4 is 15.4 Å². The highest BCUT2D eigenvalue weighted by Crippen LogP contribution is 2.27. The molecule has 0 spiro atoms. The highest BCUT2D eigenvalue weighted by Gasteiger charge is 2.33. The van der Waals surface area contributed by atoms with Crippen LogP contribution in [0.1, 0.15) is 63.6 Å². The number of pyridine rings is 1. The summed E-state index contributed by atoms with van der Waals surface area (Å²) < 4.78 is 5.85. The van der Waals surface area contributed by atoms with Gasteiger partial charge in [0, 0.05) is 23.0 Å². The Hall–Kier alpha value is -4.42. The molecule has 0 aliphatic heterocycles. The molecule has 2 unspecified atom stereocenters. The molecule has 2 aromatic carbocycles. The molecule has 0 bridgehead atoms. The van der Waals surface area contributed by atoms with Crippen LogP contribution in [0.5, 0.6) is 5.88 Å². The Bertz CT molecular complexity index is 1370. The first-order valence-corrected chi connectivity index (χ1v) is 13.6. The highest BCUT2D eigenvalue weighted by molar-refractivity contribution is 6.30. The molecule has 1 heterocycles. The second-order valence-corrected chi connectivity index (χ2v) is 9.99. The van der Waals surface area contributed by atoms with Crippen molar-refractivity contribution >= 4 is 35.1 Å². The molecule has 0 aliphatic carbocycles. The monoisotopic (exact) mass is 578 g/mol. The zero-order chi connectivity index (χ0) is 30.6. The third kappa shape index (κ3) is 10.2. The molecule has 2 atom stereocenters. The fourth-order valence-corrected chi connectivity index (χ4v) is 4.07. The first-order valence-electron chi connectivity index (χ1n) is 13.2. The molecular formula is C31H35ClN4O5. The van der Waals surface area contributed by atoms with E-state index >= 15 is 0 Å². The van der Waals surface area contributed by atoms with Crippen LogP contribution in [-0.4, -0.2) is 39.5 Å². The number of aliphatic carboxylic acids is 1. The molecule has 41 heavy (non-hydrogen) atoms. The number of halogens is 1. The minimum absolute atomic E-state index is 0.147. The van der Waals surface area contributed by atoms with Crippen molar-refractivity contribution in [3.63, 3.8) is 0 Å². The van der Waals surface area contributed by atoms with Crippen LogP contribution in [0.4, 0.5) is 5.69 Å². The Labute approximate surface area is 245 Å². The number of hydrogen-bond acceptors (Lipinski definition) is 6. The summed E-state index contributed by atoms with van der Waals surface area (Å²) in [5.74, 6) is -2.28. The number of nitrogens with zero attached hydrogens (tertiary/aromatic N) is 2. The maximum Gasteiger partial charge on any atom is 0.312 e. The number of carbonyl (C=O) groups is 3. The minimum atomic E-state index is -1.30. The number of carboxylic acids is 1. The van der Waals surface area contributed by atoms with Crippen molar-refractivity contribution in [1.29, 1.82) is 5.26 Å². The van der Waals surface area contributed by atoms with Crippen LogP contribution in [0.15, 0.2) is 66.9 Å². The molecule has 3 aromatic rings. The smallest absolute Gasteiger partial charge is 0.312 e. The van der Waals surface area contributed by atoms with Gasteiger partial charge in [0.05, 0.1) is 23.5 Å². The number of carbonyl (C=O) groups excluding carboxylic acids is 2. The van der Waals surface area contributed by atoms with Crippen molar-refractivity contribution < 1.29 is 24.2 Å². The van der Waals surface area contributed by atoms with Crippen LogP contribution in [0.3, 0.4) is 0 Å². The first kappa shape index (κ1) is 32.8. The topological polar surface area (TPSA) is 141 Å². The SMILES string of the molecule is CC.CC(NC(=O)C(C)(C)Oc1ccc(NC(=O)CC(=O)O)cn1)C(Cc1ccc(Cl)cc1)c1cccc(C#N)c1. The predicted octanol–water partition coefficient (Wildman–Crippen LogP) is 5.73. The average molecular weight is 579 g/mol. The lowest BCUT2D eigenvalue weighted by molar-refractivity contribution is -0.139. The maximum atomic E-state index is 13.3. The van der Waals surface area contributed by atoms with Gasteiger partial charge in [-0.05, 0) is 68.7 Å². The fraction of sp³-hybridized carbons (Fsp3) is 0.323. The lowest BCUT2D eigenvalue weighted by atomic mass is 9.85. The lowest BCUT2D eigenvalue weighted by Gasteiger charge is -2.30. The lowest BCUT2D eigenvalue weighted by Crippen LogP contribution is -2.51. The van der Waals surface area contributed by atoms with Crippen molar-refractivity contribution in [3.05, 3.63) is 88.6 Å². The van der Waals surface area contributed by atoms with Gasteiger partial charge in [0.1, 0.15) is 6.42 Å². The van der Waals surface area contributed by atoms with E-state index in [0.717, 1.165) is 11.1 Å². The van der Waals surface area contributed by atoms with E-state index in [4.69, 9.17) is 21.4 Å². The van der Waals surface area contributed by atoms with Crippen LogP contribution in [0, 0.1) is 11.3 Å². The molecule has 0 fully saturated rings. The summed E-state index contributed by atoms with van der Waals surface area (Å²) >= 11 is 6.05. The van der Waals surface area contributed by atoms with Gasteiger partial charge < -0.3 is 20.5 Å². The third-order valence-electron chi connectivity index (χ3n) is 6.01. The van der Waals surface area contributed by atoms with Gasteiger partial charge in [-0.25, -0.2) is 4.98 Å². The van der Waals surface area contributed by atoms with Crippen molar-refractivity contribution in [1.82, 2.24) is 10.3 Å². The Kier molecular flexibility index (Phi) is 12.3. The van der Waals surface area contributed by atoms with Crippen molar-refractivity contribution in [2.45, 2.75) is 65.0 Å². The van der Waals surface area contributed by atoms with Crippen molar-refractivity contribution in [3.8, 4) is 11.9 Å². The van der Waals surface area contributed by atoms with E-state index in [1.807, 2.05) is 63.2 Å². The zero-order valence-corrected chi connectivity index (χ0v) is 24.5. The normalized spacial score (nSPS) is 12.0. The van der Waals surface area contributed by atoms with Gasteiger partial charge in [-0.15, -0.1) is 0 Å². The Morgan fingerprint density at radius 2 is 1.78 bits per heavy atom. The molecule has 0 radical (unpaired) electrons. The van der Waals surface area contributed by atoms with Crippen molar-refractivity contribution in [2.75, 3.05) is 5.32 Å². The number of aromatic nitrogens is 1.